The largest absolute Gasteiger partial charge is 0.456 e. The summed E-state index contributed by atoms with van der Waals surface area (Å²) in [6.07, 6.45) is 0. The van der Waals surface area contributed by atoms with E-state index in [9.17, 15) is 2.74 Å². The van der Waals surface area contributed by atoms with Crippen LogP contribution < -0.4 is 0 Å². The van der Waals surface area contributed by atoms with Crippen LogP contribution >= 0.6 is 0 Å². The molecule has 39 heavy (non-hydrogen) atoms. The lowest BCUT2D eigenvalue weighted by molar-refractivity contribution is 0.669. The van der Waals surface area contributed by atoms with E-state index in [1.165, 1.54) is 0 Å². The predicted molar refractivity (Wildman–Crippen MR) is 165 cm³/mol. The molecule has 182 valence electrons. The van der Waals surface area contributed by atoms with Crippen molar-refractivity contribution in [2.45, 2.75) is 0 Å². The molecule has 0 aliphatic carbocycles. The second kappa shape index (κ2) is 8.72. The molecule has 8 rings (SSSR count). The number of furan rings is 1. The quantitative estimate of drug-likeness (QED) is 0.217. The third-order valence-corrected chi connectivity index (χ3v) is 7.13. The topological polar surface area (TPSA) is 13.1 Å². The van der Waals surface area contributed by atoms with Gasteiger partial charge >= 0.3 is 0 Å². The highest BCUT2D eigenvalue weighted by molar-refractivity contribution is 6.25. The molecular formula is C38H24O. The molecule has 0 N–H and O–H groups in total. The molecule has 8 aromatic rings. The van der Waals surface area contributed by atoms with Gasteiger partial charge in [-0.25, -0.2) is 0 Å². The first kappa shape index (κ1) is 13.6. The molecule has 0 aliphatic heterocycles. The minimum atomic E-state index is -0.498. The molecule has 0 bridgehead atoms. The number of fused-ring (bicyclic) bond motifs is 5. The van der Waals surface area contributed by atoms with Crippen molar-refractivity contribution in [1.82, 2.24) is 0 Å². The zero-order valence-corrected chi connectivity index (χ0v) is 20.4. The van der Waals surface area contributed by atoms with Gasteiger partial charge in [-0.15, -0.1) is 0 Å². The second-order valence-corrected chi connectivity index (χ2v) is 9.22. The van der Waals surface area contributed by atoms with E-state index in [2.05, 4.69) is 0 Å². The number of rotatable bonds is 3. The minimum absolute atomic E-state index is 0.0380. The van der Waals surface area contributed by atoms with Crippen molar-refractivity contribution in [2.24, 2.45) is 0 Å². The van der Waals surface area contributed by atoms with Crippen LogP contribution in [0, 0.1) is 0 Å². The van der Waals surface area contributed by atoms with Gasteiger partial charge in [0, 0.05) is 16.3 Å². The van der Waals surface area contributed by atoms with Crippen molar-refractivity contribution in [2.75, 3.05) is 0 Å². The molecule has 0 aliphatic rings. The molecule has 0 fully saturated rings. The summed E-state index contributed by atoms with van der Waals surface area (Å²) in [4.78, 5) is 0. The van der Waals surface area contributed by atoms with Gasteiger partial charge in [0.2, 0.25) is 0 Å². The van der Waals surface area contributed by atoms with Crippen molar-refractivity contribution in [3.8, 4) is 33.4 Å². The maximum atomic E-state index is 9.54. The van der Waals surface area contributed by atoms with E-state index in [4.69, 9.17) is 16.8 Å². The summed E-state index contributed by atoms with van der Waals surface area (Å²) < 4.78 is 102. The first-order valence-electron chi connectivity index (χ1n) is 18.0. The Hall–Kier alpha value is -5.14. The Kier molecular flexibility index (Phi) is 3.04. The molecule has 0 saturated carbocycles. The lowest BCUT2D eigenvalue weighted by Gasteiger charge is -2.20. The maximum absolute atomic E-state index is 9.54. The van der Waals surface area contributed by atoms with Gasteiger partial charge in [-0.1, -0.05) is 127 Å². The highest BCUT2D eigenvalue weighted by Gasteiger charge is 2.22. The van der Waals surface area contributed by atoms with E-state index in [1.807, 2.05) is 54.6 Å². The second-order valence-electron chi connectivity index (χ2n) is 9.22. The standard InChI is InChI=1S/C38H24O/c1-3-13-25(14-4-1)35-27-17-7-9-19-29(27)37(30-20-10-8-18-28(30)35)32-23-24-34-38(31-21-11-12-22-33(31)39-34)36(32)26-15-5-2-6-16-26/h1-24H/i1D,3D,4D,11D,12D,13D,14D,21D,22D,23D,24D. The van der Waals surface area contributed by atoms with Crippen LogP contribution in [0.4, 0.5) is 0 Å². The fraction of sp³-hybridized carbons (Fsp3) is 0. The number of hydrogen-bond donors (Lipinski definition) is 0. The van der Waals surface area contributed by atoms with Crippen LogP contribution in [0.5, 0.6) is 0 Å². The fourth-order valence-corrected chi connectivity index (χ4v) is 5.58. The zero-order valence-electron chi connectivity index (χ0n) is 31.4. The van der Waals surface area contributed by atoms with Crippen LogP contribution in [0.15, 0.2) is 150 Å². The molecular weight excluding hydrogens is 472 g/mol. The van der Waals surface area contributed by atoms with Gasteiger partial charge < -0.3 is 4.42 Å². The lowest BCUT2D eigenvalue weighted by atomic mass is 9.83. The van der Waals surface area contributed by atoms with Gasteiger partial charge in [0.15, 0.2) is 0 Å². The van der Waals surface area contributed by atoms with Gasteiger partial charge in [0.25, 0.3) is 0 Å². The predicted octanol–water partition coefficient (Wildman–Crippen LogP) is 10.9. The van der Waals surface area contributed by atoms with E-state index in [1.54, 1.807) is 24.3 Å². The summed E-state index contributed by atoms with van der Waals surface area (Å²) >= 11 is 0. The van der Waals surface area contributed by atoms with E-state index in [-0.39, 0.29) is 63.8 Å². The Balaban J connectivity index is 1.66. The monoisotopic (exact) mass is 507 g/mol. The Bertz CT molecular complexity index is 2680. The summed E-state index contributed by atoms with van der Waals surface area (Å²) in [6.45, 7) is 0. The summed E-state index contributed by atoms with van der Waals surface area (Å²) in [5.41, 5.74) is 2.25. The third kappa shape index (κ3) is 3.34. The molecule has 1 heterocycles. The molecule has 0 unspecified atom stereocenters. The first-order chi connectivity index (χ1) is 24.0. The maximum Gasteiger partial charge on any atom is 0.136 e. The summed E-state index contributed by atoms with van der Waals surface area (Å²) in [7, 11) is 0. The van der Waals surface area contributed by atoms with Crippen LogP contribution in [0.3, 0.4) is 0 Å². The molecule has 1 heteroatoms. The van der Waals surface area contributed by atoms with Crippen LogP contribution in [0.1, 0.15) is 15.1 Å². The van der Waals surface area contributed by atoms with Crippen LogP contribution in [0.25, 0.3) is 76.9 Å². The Morgan fingerprint density at radius 3 is 1.69 bits per heavy atom. The fourth-order valence-electron chi connectivity index (χ4n) is 5.58. The van der Waals surface area contributed by atoms with Gasteiger partial charge in [0.05, 0.1) is 15.1 Å². The van der Waals surface area contributed by atoms with E-state index in [0.29, 0.717) is 49.4 Å². The van der Waals surface area contributed by atoms with E-state index in [0.717, 1.165) is 0 Å². The van der Waals surface area contributed by atoms with Crippen molar-refractivity contribution < 1.29 is 19.5 Å². The summed E-state index contributed by atoms with van der Waals surface area (Å²) in [5, 5.41) is 2.67. The van der Waals surface area contributed by atoms with Crippen LogP contribution in [-0.2, 0) is 0 Å². The number of para-hydroxylation sites is 1. The lowest BCUT2D eigenvalue weighted by Crippen LogP contribution is -1.93. The Morgan fingerprint density at radius 1 is 0.410 bits per heavy atom. The van der Waals surface area contributed by atoms with E-state index >= 15 is 0 Å². The van der Waals surface area contributed by atoms with Crippen molar-refractivity contribution in [1.29, 1.82) is 0 Å². The van der Waals surface area contributed by atoms with Crippen molar-refractivity contribution >= 4 is 43.5 Å². The zero-order chi connectivity index (χ0) is 35.3. The van der Waals surface area contributed by atoms with E-state index < -0.39 is 30.2 Å². The molecule has 0 radical (unpaired) electrons. The Morgan fingerprint density at radius 2 is 1.00 bits per heavy atom. The molecule has 0 spiro atoms. The minimum Gasteiger partial charge on any atom is -0.456 e. The summed E-state index contributed by atoms with van der Waals surface area (Å²) in [6, 6.07) is 19.3. The third-order valence-electron chi connectivity index (χ3n) is 7.13. The highest BCUT2D eigenvalue weighted by atomic mass is 16.3. The normalized spacial score (nSPS) is 15.5. The average molecular weight is 508 g/mol. The van der Waals surface area contributed by atoms with Crippen LogP contribution in [0.2, 0.25) is 0 Å². The van der Waals surface area contributed by atoms with Gasteiger partial charge in [-0.3, -0.25) is 0 Å². The first-order valence-corrected chi connectivity index (χ1v) is 12.5. The van der Waals surface area contributed by atoms with Gasteiger partial charge in [-0.2, -0.15) is 0 Å². The molecule has 0 atom stereocenters. The molecule has 7 aromatic carbocycles. The van der Waals surface area contributed by atoms with Gasteiger partial charge in [0.1, 0.15) is 11.2 Å². The number of hydrogen-bond acceptors (Lipinski definition) is 1. The van der Waals surface area contributed by atoms with Crippen molar-refractivity contribution in [3.05, 3.63) is 145 Å². The molecule has 1 nitrogen and oxygen atoms in total. The summed E-state index contributed by atoms with van der Waals surface area (Å²) in [5.74, 6) is 0. The van der Waals surface area contributed by atoms with Crippen molar-refractivity contribution in [3.63, 3.8) is 0 Å². The Labute approximate surface area is 242 Å². The smallest absolute Gasteiger partial charge is 0.136 e. The SMILES string of the molecule is [2H]c1c([2H])c([2H])c(-c2c3ccccc3c(-c3c([2H])c([2H])c4oc5c([2H])c([2H])c([2H])c([2H])c5c4c3-c3ccccc3)c3ccccc23)c([2H])c1[2H]. The number of benzene rings is 7. The van der Waals surface area contributed by atoms with Crippen LogP contribution in [-0.4, -0.2) is 0 Å². The molecule has 0 amide bonds. The highest BCUT2D eigenvalue weighted by Crippen LogP contribution is 2.49. The molecule has 0 saturated heterocycles. The molecule has 1 aromatic heterocycles. The van der Waals surface area contributed by atoms with Gasteiger partial charge in [-0.05, 0) is 67.5 Å². The average Bonchev–Trinajstić information content (AvgIpc) is 3.54.